The first-order valence-electron chi connectivity index (χ1n) is 10.7. The average Bonchev–Trinajstić information content (AvgIpc) is 2.80. The van der Waals surface area contributed by atoms with E-state index in [0.29, 0.717) is 13.1 Å². The smallest absolute Gasteiger partial charge is 0.221 e. The van der Waals surface area contributed by atoms with Crippen molar-refractivity contribution in [3.63, 3.8) is 0 Å². The number of carbonyl (C=O) groups excluding carboxylic acids is 1. The van der Waals surface area contributed by atoms with Crippen LogP contribution < -0.4 is 21.1 Å². The summed E-state index contributed by atoms with van der Waals surface area (Å²) in [7, 11) is 3.44. The van der Waals surface area contributed by atoms with Crippen LogP contribution >= 0.6 is 24.0 Å². The molecule has 0 saturated carbocycles. The predicted octanol–water partition coefficient (Wildman–Crippen LogP) is 2.88. The molecule has 4 N–H and O–H groups in total. The number of methoxy groups -OCH3 is 1. The topological polar surface area (TPSA) is 92.0 Å². The van der Waals surface area contributed by atoms with Gasteiger partial charge in [-0.3, -0.25) is 14.7 Å². The highest BCUT2D eigenvalue weighted by molar-refractivity contribution is 14.0. The number of aliphatic imine (C=N–C) groups is 1. The highest BCUT2D eigenvalue weighted by Crippen LogP contribution is 2.19. The van der Waals surface area contributed by atoms with Crippen LogP contribution in [0.15, 0.2) is 53.5 Å². The van der Waals surface area contributed by atoms with E-state index in [1.165, 1.54) is 11.1 Å². The van der Waals surface area contributed by atoms with Gasteiger partial charge in [0, 0.05) is 33.2 Å². The van der Waals surface area contributed by atoms with Crippen molar-refractivity contribution < 1.29 is 9.53 Å². The van der Waals surface area contributed by atoms with Crippen LogP contribution in [0.5, 0.6) is 5.75 Å². The molecule has 0 bridgehead atoms. The molecule has 2 aromatic rings. The highest BCUT2D eigenvalue weighted by atomic mass is 127. The fraction of sp³-hybridized carbons (Fsp3) is 0.417. The Hall–Kier alpha value is -2.33. The molecule has 1 fully saturated rings. The number of amides is 1. The Morgan fingerprint density at radius 2 is 1.78 bits per heavy atom. The first kappa shape index (κ1) is 25.9. The van der Waals surface area contributed by atoms with E-state index in [1.807, 2.05) is 18.2 Å². The van der Waals surface area contributed by atoms with Gasteiger partial charge in [0.15, 0.2) is 5.96 Å². The Bertz CT molecular complexity index is 905. The number of nitrogens with one attached hydrogen (secondary N) is 2. The lowest BCUT2D eigenvalue weighted by molar-refractivity contribution is -0.123. The molecule has 0 radical (unpaired) electrons. The summed E-state index contributed by atoms with van der Waals surface area (Å²) in [6.45, 7) is 3.93. The van der Waals surface area contributed by atoms with Crippen molar-refractivity contribution in [1.29, 1.82) is 0 Å². The van der Waals surface area contributed by atoms with Gasteiger partial charge in [0.25, 0.3) is 0 Å². The van der Waals surface area contributed by atoms with Crippen molar-refractivity contribution in [1.82, 2.24) is 15.5 Å². The van der Waals surface area contributed by atoms with Gasteiger partial charge in [0.05, 0.1) is 13.0 Å². The Labute approximate surface area is 207 Å². The first-order chi connectivity index (χ1) is 15.1. The van der Waals surface area contributed by atoms with Crippen LogP contribution in [0.4, 0.5) is 0 Å². The number of benzene rings is 2. The number of ether oxygens (including phenoxy) is 1. The molecule has 1 amide bonds. The predicted molar refractivity (Wildman–Crippen MR) is 139 cm³/mol. The standard InChI is InChI=1S/C24H33N5O2.HI/c1-26-24(28-15-19-7-4-10-22(13-19)31-2)27-14-18-6-3-8-20(12-18)16-29-11-5-9-21(17-29)23(25)30;/h3-4,6-8,10,12-13,21H,5,9,11,14-17H2,1-2H3,(H2,25,30)(H2,26,27,28);1H. The quantitative estimate of drug-likeness (QED) is 0.267. The van der Waals surface area contributed by atoms with Crippen molar-refractivity contribution in [2.75, 3.05) is 27.2 Å². The normalized spacial score (nSPS) is 16.7. The zero-order chi connectivity index (χ0) is 22.1. The molecule has 8 heteroatoms. The lowest BCUT2D eigenvalue weighted by Crippen LogP contribution is -2.40. The van der Waals surface area contributed by atoms with Crippen LogP contribution in [0, 0.1) is 5.92 Å². The van der Waals surface area contributed by atoms with E-state index in [9.17, 15) is 4.79 Å². The maximum Gasteiger partial charge on any atom is 0.221 e. The molecule has 0 spiro atoms. The number of carbonyl (C=O) groups is 1. The molecule has 1 aliphatic heterocycles. The molecule has 32 heavy (non-hydrogen) atoms. The number of nitrogens with zero attached hydrogens (tertiary/aromatic N) is 2. The van der Waals surface area contributed by atoms with E-state index in [0.717, 1.165) is 49.7 Å². The van der Waals surface area contributed by atoms with Crippen molar-refractivity contribution in [3.05, 3.63) is 65.2 Å². The molecular formula is C24H34IN5O2. The minimum atomic E-state index is -0.185. The van der Waals surface area contributed by atoms with E-state index >= 15 is 0 Å². The van der Waals surface area contributed by atoms with E-state index < -0.39 is 0 Å². The number of hydrogen-bond donors (Lipinski definition) is 3. The van der Waals surface area contributed by atoms with Gasteiger partial charge in [-0.2, -0.15) is 0 Å². The number of rotatable bonds is 8. The van der Waals surface area contributed by atoms with Crippen LogP contribution in [0.2, 0.25) is 0 Å². The average molecular weight is 551 g/mol. The minimum Gasteiger partial charge on any atom is -0.497 e. The Morgan fingerprint density at radius 1 is 1.12 bits per heavy atom. The lowest BCUT2D eigenvalue weighted by Gasteiger charge is -2.31. The molecule has 1 atom stereocenters. The Morgan fingerprint density at radius 3 is 2.44 bits per heavy atom. The van der Waals surface area contributed by atoms with Crippen LogP contribution in [-0.2, 0) is 24.4 Å². The number of primary amides is 1. The molecule has 1 saturated heterocycles. The minimum absolute atomic E-state index is 0. The molecule has 1 unspecified atom stereocenters. The number of guanidine groups is 1. The SMILES string of the molecule is CN=C(NCc1cccc(CN2CCCC(C(N)=O)C2)c1)NCc1cccc(OC)c1.I. The third kappa shape index (κ3) is 7.98. The zero-order valence-electron chi connectivity index (χ0n) is 18.8. The summed E-state index contributed by atoms with van der Waals surface area (Å²) >= 11 is 0. The van der Waals surface area contributed by atoms with Gasteiger partial charge in [-0.25, -0.2) is 0 Å². The molecule has 2 aromatic carbocycles. The van der Waals surface area contributed by atoms with Crippen LogP contribution in [0.25, 0.3) is 0 Å². The highest BCUT2D eigenvalue weighted by Gasteiger charge is 2.23. The largest absolute Gasteiger partial charge is 0.497 e. The number of piperidine rings is 1. The second kappa shape index (κ2) is 13.3. The lowest BCUT2D eigenvalue weighted by atomic mass is 9.97. The van der Waals surface area contributed by atoms with Gasteiger partial charge >= 0.3 is 0 Å². The van der Waals surface area contributed by atoms with Gasteiger partial charge in [0.1, 0.15) is 5.75 Å². The molecule has 1 aliphatic rings. The monoisotopic (exact) mass is 551 g/mol. The molecule has 1 heterocycles. The third-order valence-corrected chi connectivity index (χ3v) is 5.58. The summed E-state index contributed by atoms with van der Waals surface area (Å²) in [4.78, 5) is 18.2. The van der Waals surface area contributed by atoms with Crippen molar-refractivity contribution >= 4 is 35.8 Å². The number of nitrogens with two attached hydrogens (primary N) is 1. The Balaban J connectivity index is 0.00000363. The van der Waals surface area contributed by atoms with Crippen molar-refractivity contribution in [2.24, 2.45) is 16.6 Å². The molecule has 7 nitrogen and oxygen atoms in total. The molecular weight excluding hydrogens is 517 g/mol. The Kier molecular flexibility index (Phi) is 10.8. The summed E-state index contributed by atoms with van der Waals surface area (Å²) in [6.07, 6.45) is 1.92. The zero-order valence-corrected chi connectivity index (χ0v) is 21.2. The van der Waals surface area contributed by atoms with E-state index in [4.69, 9.17) is 10.5 Å². The van der Waals surface area contributed by atoms with Gasteiger partial charge in [0.2, 0.25) is 5.91 Å². The second-order valence-electron chi connectivity index (χ2n) is 7.93. The first-order valence-corrected chi connectivity index (χ1v) is 10.7. The van der Waals surface area contributed by atoms with Crippen LogP contribution in [0.1, 0.15) is 29.5 Å². The van der Waals surface area contributed by atoms with Crippen LogP contribution in [0.3, 0.4) is 0 Å². The molecule has 0 aliphatic carbocycles. The van der Waals surface area contributed by atoms with Gasteiger partial charge in [-0.05, 0) is 48.2 Å². The van der Waals surface area contributed by atoms with Crippen molar-refractivity contribution in [2.45, 2.75) is 32.5 Å². The van der Waals surface area contributed by atoms with Crippen LogP contribution in [-0.4, -0.2) is 44.0 Å². The van der Waals surface area contributed by atoms with E-state index in [2.05, 4.69) is 50.9 Å². The fourth-order valence-electron chi connectivity index (χ4n) is 3.90. The maximum absolute atomic E-state index is 11.5. The molecule has 174 valence electrons. The van der Waals surface area contributed by atoms with Gasteiger partial charge < -0.3 is 21.1 Å². The van der Waals surface area contributed by atoms with Gasteiger partial charge in [-0.1, -0.05) is 36.4 Å². The second-order valence-corrected chi connectivity index (χ2v) is 7.93. The van der Waals surface area contributed by atoms with Gasteiger partial charge in [-0.15, -0.1) is 24.0 Å². The summed E-state index contributed by atoms with van der Waals surface area (Å²) in [5, 5.41) is 6.70. The van der Waals surface area contributed by atoms with Crippen molar-refractivity contribution in [3.8, 4) is 5.75 Å². The summed E-state index contributed by atoms with van der Waals surface area (Å²) < 4.78 is 5.28. The third-order valence-electron chi connectivity index (χ3n) is 5.58. The molecule has 3 rings (SSSR count). The summed E-state index contributed by atoms with van der Waals surface area (Å²) in [5.41, 5.74) is 9.06. The number of likely N-dealkylation sites (tertiary alicyclic amines) is 1. The summed E-state index contributed by atoms with van der Waals surface area (Å²) in [5.74, 6) is 1.37. The van der Waals surface area contributed by atoms with E-state index in [-0.39, 0.29) is 35.8 Å². The maximum atomic E-state index is 11.5. The molecule has 0 aromatic heterocycles. The number of halogens is 1. The van der Waals surface area contributed by atoms with E-state index in [1.54, 1.807) is 14.2 Å². The fourth-order valence-corrected chi connectivity index (χ4v) is 3.90. The number of hydrogen-bond acceptors (Lipinski definition) is 4. The summed E-state index contributed by atoms with van der Waals surface area (Å²) in [6, 6.07) is 16.5.